The van der Waals surface area contributed by atoms with Crippen molar-refractivity contribution in [2.45, 2.75) is 13.8 Å². The zero-order valence-electron chi connectivity index (χ0n) is 6.44. The van der Waals surface area contributed by atoms with Crippen LogP contribution in [0.3, 0.4) is 0 Å². The van der Waals surface area contributed by atoms with Crippen LogP contribution in [0.1, 0.15) is 13.8 Å². The number of hydrogen-bond donors (Lipinski definition) is 1. The number of para-hydroxylation sites is 1. The molecule has 1 aromatic carbocycles. The second kappa shape index (κ2) is 5.28. The van der Waals surface area contributed by atoms with Gasteiger partial charge in [-0.25, -0.2) is 0 Å². The summed E-state index contributed by atoms with van der Waals surface area (Å²) in [6, 6.07) is 4.82. The van der Waals surface area contributed by atoms with Crippen LogP contribution in [-0.2, 0) is 0 Å². The van der Waals surface area contributed by atoms with Crippen LogP contribution in [0.4, 0.5) is 0 Å². The zero-order chi connectivity index (χ0) is 8.85. The molecule has 0 radical (unpaired) electrons. The minimum absolute atomic E-state index is 0.0548. The summed E-state index contributed by atoms with van der Waals surface area (Å²) < 4.78 is 0. The van der Waals surface area contributed by atoms with Gasteiger partial charge >= 0.3 is 0 Å². The van der Waals surface area contributed by atoms with Crippen molar-refractivity contribution in [3.05, 3.63) is 28.2 Å². The van der Waals surface area contributed by atoms with E-state index in [-0.39, 0.29) is 15.8 Å². The van der Waals surface area contributed by atoms with Gasteiger partial charge in [-0.1, -0.05) is 43.1 Å². The Kier molecular flexibility index (Phi) is 5.08. The van der Waals surface area contributed by atoms with Gasteiger partial charge in [-0.05, 0) is 12.1 Å². The lowest BCUT2D eigenvalue weighted by Crippen LogP contribution is -1.67. The smallest absolute Gasteiger partial charge is 0.152 e. The Morgan fingerprint density at radius 3 is 1.73 bits per heavy atom. The van der Waals surface area contributed by atoms with Gasteiger partial charge in [-0.15, -0.1) is 0 Å². The van der Waals surface area contributed by atoms with E-state index in [1.165, 1.54) is 0 Å². The number of phenols is 1. The molecule has 0 aliphatic heterocycles. The Hall–Kier alpha value is -0.400. The fraction of sp³-hybridized carbons (Fsp3) is 0.250. The molecule has 1 nitrogen and oxygen atoms in total. The molecule has 1 rings (SSSR count). The molecule has 1 N–H and O–H groups in total. The van der Waals surface area contributed by atoms with E-state index in [0.29, 0.717) is 0 Å². The molecule has 0 fully saturated rings. The Bertz CT molecular complexity index is 203. The predicted octanol–water partition coefficient (Wildman–Crippen LogP) is 3.73. The molecular weight excluding hydrogens is 183 g/mol. The summed E-state index contributed by atoms with van der Waals surface area (Å²) in [6.45, 7) is 4.00. The van der Waals surface area contributed by atoms with Crippen molar-refractivity contribution in [1.29, 1.82) is 0 Å². The highest BCUT2D eigenvalue weighted by atomic mass is 35.5. The Morgan fingerprint density at radius 2 is 1.45 bits per heavy atom. The van der Waals surface area contributed by atoms with Gasteiger partial charge in [0.05, 0.1) is 10.0 Å². The fourth-order valence-electron chi connectivity index (χ4n) is 0.489. The minimum Gasteiger partial charge on any atom is -0.505 e. The number of aromatic hydroxyl groups is 1. The van der Waals surface area contributed by atoms with Gasteiger partial charge in [0.25, 0.3) is 0 Å². The van der Waals surface area contributed by atoms with Gasteiger partial charge < -0.3 is 5.11 Å². The maximum absolute atomic E-state index is 8.94. The Balaban J connectivity index is 0.000000461. The normalized spacial score (nSPS) is 8.36. The molecule has 0 aliphatic rings. The van der Waals surface area contributed by atoms with Crippen LogP contribution in [0.25, 0.3) is 0 Å². The van der Waals surface area contributed by atoms with E-state index in [1.54, 1.807) is 18.2 Å². The molecule has 0 bridgehead atoms. The average molecular weight is 193 g/mol. The van der Waals surface area contributed by atoms with Gasteiger partial charge in [0.1, 0.15) is 0 Å². The third-order valence-electron chi connectivity index (χ3n) is 0.938. The first-order valence-electron chi connectivity index (χ1n) is 3.35. The molecule has 0 heterocycles. The summed E-state index contributed by atoms with van der Waals surface area (Å²) in [5.41, 5.74) is 0. The third-order valence-corrected chi connectivity index (χ3v) is 1.55. The first-order valence-corrected chi connectivity index (χ1v) is 4.10. The highest BCUT2D eigenvalue weighted by Crippen LogP contribution is 2.30. The fourth-order valence-corrected chi connectivity index (χ4v) is 0.886. The van der Waals surface area contributed by atoms with Crippen LogP contribution < -0.4 is 0 Å². The molecule has 0 aliphatic carbocycles. The maximum Gasteiger partial charge on any atom is 0.152 e. The van der Waals surface area contributed by atoms with Gasteiger partial charge in [0, 0.05) is 0 Å². The van der Waals surface area contributed by atoms with E-state index >= 15 is 0 Å². The van der Waals surface area contributed by atoms with Crippen molar-refractivity contribution in [1.82, 2.24) is 0 Å². The van der Waals surface area contributed by atoms with Gasteiger partial charge in [0.2, 0.25) is 0 Å². The van der Waals surface area contributed by atoms with E-state index in [2.05, 4.69) is 0 Å². The van der Waals surface area contributed by atoms with Crippen molar-refractivity contribution >= 4 is 23.2 Å². The molecule has 0 saturated heterocycles. The summed E-state index contributed by atoms with van der Waals surface area (Å²) >= 11 is 11.0. The minimum atomic E-state index is -0.0548. The summed E-state index contributed by atoms with van der Waals surface area (Å²) in [5, 5.41) is 9.50. The monoisotopic (exact) mass is 192 g/mol. The van der Waals surface area contributed by atoms with Crippen molar-refractivity contribution < 1.29 is 5.11 Å². The molecule has 0 atom stereocenters. The van der Waals surface area contributed by atoms with Crippen LogP contribution in [0.5, 0.6) is 5.75 Å². The summed E-state index contributed by atoms with van der Waals surface area (Å²) in [6.07, 6.45) is 0. The van der Waals surface area contributed by atoms with Crippen LogP contribution >= 0.6 is 23.2 Å². The van der Waals surface area contributed by atoms with Crippen molar-refractivity contribution in [2.24, 2.45) is 0 Å². The second-order valence-electron chi connectivity index (χ2n) is 1.57. The van der Waals surface area contributed by atoms with Crippen LogP contribution in [0.2, 0.25) is 10.0 Å². The highest BCUT2D eigenvalue weighted by Gasteiger charge is 1.99. The Morgan fingerprint density at radius 1 is 1.09 bits per heavy atom. The van der Waals surface area contributed by atoms with E-state index in [4.69, 9.17) is 28.3 Å². The van der Waals surface area contributed by atoms with Crippen LogP contribution in [0, 0.1) is 0 Å². The molecule has 0 aromatic heterocycles. The average Bonchev–Trinajstić information content (AvgIpc) is 2.04. The standard InChI is InChI=1S/C6H4Cl2O.C2H6/c7-4-2-1-3-5(8)6(4)9;1-2/h1-3,9H;1-2H3. The summed E-state index contributed by atoms with van der Waals surface area (Å²) in [4.78, 5) is 0. The molecule has 11 heavy (non-hydrogen) atoms. The number of phenolic OH excluding ortho intramolecular Hbond substituents is 1. The maximum atomic E-state index is 8.94. The molecule has 0 spiro atoms. The predicted molar refractivity (Wildman–Crippen MR) is 49.5 cm³/mol. The van der Waals surface area contributed by atoms with Crippen molar-refractivity contribution in [2.75, 3.05) is 0 Å². The first-order chi connectivity index (χ1) is 5.22. The topological polar surface area (TPSA) is 20.2 Å². The molecule has 0 unspecified atom stereocenters. The molecular formula is C8H10Cl2O. The van der Waals surface area contributed by atoms with Gasteiger partial charge in [-0.3, -0.25) is 0 Å². The van der Waals surface area contributed by atoms with Crippen molar-refractivity contribution in [3.8, 4) is 5.75 Å². The summed E-state index contributed by atoms with van der Waals surface area (Å²) in [7, 11) is 0. The number of rotatable bonds is 0. The molecule has 62 valence electrons. The largest absolute Gasteiger partial charge is 0.505 e. The number of benzene rings is 1. The Labute approximate surface area is 76.6 Å². The van der Waals surface area contributed by atoms with Gasteiger partial charge in [-0.2, -0.15) is 0 Å². The first kappa shape index (κ1) is 10.6. The zero-order valence-corrected chi connectivity index (χ0v) is 7.95. The van der Waals surface area contributed by atoms with E-state index in [0.717, 1.165) is 0 Å². The lowest BCUT2D eigenvalue weighted by atomic mass is 10.3. The lowest BCUT2D eigenvalue weighted by Gasteiger charge is -1.95. The van der Waals surface area contributed by atoms with E-state index in [1.807, 2.05) is 13.8 Å². The number of halogens is 2. The van der Waals surface area contributed by atoms with E-state index < -0.39 is 0 Å². The summed E-state index contributed by atoms with van der Waals surface area (Å²) in [5.74, 6) is -0.0548. The second-order valence-corrected chi connectivity index (χ2v) is 2.38. The quantitative estimate of drug-likeness (QED) is 0.665. The highest BCUT2D eigenvalue weighted by molar-refractivity contribution is 6.37. The van der Waals surface area contributed by atoms with Crippen LogP contribution in [-0.4, -0.2) is 5.11 Å². The van der Waals surface area contributed by atoms with Crippen LogP contribution in [0.15, 0.2) is 18.2 Å². The molecule has 0 amide bonds. The van der Waals surface area contributed by atoms with Crippen molar-refractivity contribution in [3.63, 3.8) is 0 Å². The SMILES string of the molecule is CC.Oc1c(Cl)cccc1Cl. The lowest BCUT2D eigenvalue weighted by molar-refractivity contribution is 0.476. The van der Waals surface area contributed by atoms with Gasteiger partial charge in [0.15, 0.2) is 5.75 Å². The third kappa shape index (κ3) is 3.00. The van der Waals surface area contributed by atoms with E-state index in [9.17, 15) is 0 Å². The molecule has 1 aromatic rings. The number of hydrogen-bond acceptors (Lipinski definition) is 1. The molecule has 3 heteroatoms. The molecule has 0 saturated carbocycles.